The number of halogens is 1. The highest BCUT2D eigenvalue weighted by Crippen LogP contribution is 2.31. The number of hydrogen-bond donors (Lipinski definition) is 2. The molecule has 3 aromatic carbocycles. The fourth-order valence-corrected chi connectivity index (χ4v) is 4.98. The zero-order valence-corrected chi connectivity index (χ0v) is 24.9. The predicted octanol–water partition coefficient (Wildman–Crippen LogP) is 7.60. The van der Waals surface area contributed by atoms with Gasteiger partial charge in [0.05, 0.1) is 6.04 Å². The van der Waals surface area contributed by atoms with E-state index in [2.05, 4.69) is 42.8 Å². The van der Waals surface area contributed by atoms with Gasteiger partial charge in [0, 0.05) is 33.7 Å². The van der Waals surface area contributed by atoms with Crippen LogP contribution in [0.1, 0.15) is 79.0 Å². The highest BCUT2D eigenvalue weighted by molar-refractivity contribution is 6.31. The van der Waals surface area contributed by atoms with Crippen LogP contribution in [0.25, 0.3) is 10.9 Å². The van der Waals surface area contributed by atoms with E-state index in [1.54, 1.807) is 18.2 Å². The van der Waals surface area contributed by atoms with E-state index < -0.39 is 12.1 Å². The first-order chi connectivity index (χ1) is 18.8. The van der Waals surface area contributed by atoms with E-state index in [1.165, 1.54) is 12.5 Å². The predicted molar refractivity (Wildman–Crippen MR) is 161 cm³/mol. The summed E-state index contributed by atoms with van der Waals surface area (Å²) >= 11 is 6.52. The number of ether oxygens (including phenoxy) is 1. The van der Waals surface area contributed by atoms with Crippen LogP contribution < -0.4 is 10.1 Å². The van der Waals surface area contributed by atoms with Crippen LogP contribution in [0.2, 0.25) is 5.02 Å². The number of hydrogen-bond acceptors (Lipinski definition) is 3. The highest BCUT2D eigenvalue weighted by Gasteiger charge is 2.19. The maximum Gasteiger partial charge on any atom is 0.344 e. The first kappa shape index (κ1) is 29.2. The Bertz CT molecular complexity index is 1580. The van der Waals surface area contributed by atoms with E-state index >= 15 is 0 Å². The van der Waals surface area contributed by atoms with Gasteiger partial charge in [-0.2, -0.15) is 0 Å². The molecule has 7 heteroatoms. The Balaban J connectivity index is 1.59. The molecule has 40 heavy (non-hydrogen) atoms. The Morgan fingerprint density at radius 3 is 2.42 bits per heavy atom. The lowest BCUT2D eigenvalue weighted by atomic mass is 9.85. The summed E-state index contributed by atoms with van der Waals surface area (Å²) in [6.45, 7) is 14.6. The molecule has 0 saturated heterocycles. The van der Waals surface area contributed by atoms with Crippen molar-refractivity contribution < 1.29 is 19.4 Å². The third-order valence-corrected chi connectivity index (χ3v) is 7.88. The zero-order chi connectivity index (χ0) is 29.4. The average molecular weight is 561 g/mol. The van der Waals surface area contributed by atoms with Crippen molar-refractivity contribution in [2.75, 3.05) is 0 Å². The van der Waals surface area contributed by atoms with Crippen LogP contribution in [0.5, 0.6) is 5.75 Å². The average Bonchev–Trinajstić information content (AvgIpc) is 3.14. The van der Waals surface area contributed by atoms with Gasteiger partial charge in [-0.05, 0) is 91.8 Å². The summed E-state index contributed by atoms with van der Waals surface area (Å²) in [5, 5.41) is 13.9. The number of carboxylic acid groups (broad SMARTS) is 1. The fraction of sp³-hybridized carbons (Fsp3) is 0.333. The number of aromatic nitrogens is 1. The maximum atomic E-state index is 13.3. The van der Waals surface area contributed by atoms with Gasteiger partial charge in [-0.15, -0.1) is 0 Å². The Hall–Kier alpha value is -3.77. The van der Waals surface area contributed by atoms with Crippen LogP contribution in [-0.4, -0.2) is 27.7 Å². The Morgan fingerprint density at radius 2 is 1.75 bits per heavy atom. The maximum absolute atomic E-state index is 13.3. The van der Waals surface area contributed by atoms with Crippen molar-refractivity contribution in [2.45, 2.75) is 72.6 Å². The summed E-state index contributed by atoms with van der Waals surface area (Å²) in [6, 6.07) is 19.2. The zero-order valence-electron chi connectivity index (χ0n) is 24.1. The Morgan fingerprint density at radius 1 is 1.02 bits per heavy atom. The number of benzene rings is 3. The molecular weight excluding hydrogens is 524 g/mol. The molecule has 1 aromatic heterocycles. The number of nitrogens with zero attached hydrogens (tertiary/aromatic N) is 1. The molecule has 0 aliphatic rings. The highest BCUT2D eigenvalue weighted by atomic mass is 35.5. The second kappa shape index (κ2) is 11.4. The summed E-state index contributed by atoms with van der Waals surface area (Å²) in [7, 11) is 0. The largest absolute Gasteiger partial charge is 0.479 e. The molecule has 0 saturated carbocycles. The van der Waals surface area contributed by atoms with E-state index in [0.717, 1.165) is 33.3 Å². The third kappa shape index (κ3) is 6.18. The summed E-state index contributed by atoms with van der Waals surface area (Å²) in [4.78, 5) is 24.5. The quantitative estimate of drug-likeness (QED) is 0.232. The number of carboxylic acids is 1. The fourth-order valence-electron chi connectivity index (χ4n) is 4.80. The first-order valence-electron chi connectivity index (χ1n) is 13.4. The SMILES string of the molecule is Cc1c(C)n(Cc2cc(OC(C)C(=O)O)ccc2Cl)c2ccc(C(=O)N[C@@H](C)c3cccc(C(C)(C)C)c3)cc12. The van der Waals surface area contributed by atoms with Crippen LogP contribution in [0.3, 0.4) is 0 Å². The number of rotatable bonds is 8. The second-order valence-corrected chi connectivity index (χ2v) is 11.9. The lowest BCUT2D eigenvalue weighted by molar-refractivity contribution is -0.144. The van der Waals surface area contributed by atoms with Crippen LogP contribution in [0.4, 0.5) is 0 Å². The molecule has 2 atom stereocenters. The van der Waals surface area contributed by atoms with Gasteiger partial charge in [0.2, 0.25) is 0 Å². The van der Waals surface area contributed by atoms with Crippen molar-refractivity contribution in [1.82, 2.24) is 9.88 Å². The Labute approximate surface area is 240 Å². The van der Waals surface area contributed by atoms with E-state index in [4.69, 9.17) is 16.3 Å². The number of amides is 1. The van der Waals surface area contributed by atoms with Gasteiger partial charge >= 0.3 is 5.97 Å². The monoisotopic (exact) mass is 560 g/mol. The molecular formula is C33H37ClN2O4. The van der Waals surface area contributed by atoms with Crippen molar-refractivity contribution >= 4 is 34.4 Å². The van der Waals surface area contributed by atoms with Gasteiger partial charge in [0.15, 0.2) is 6.10 Å². The first-order valence-corrected chi connectivity index (χ1v) is 13.8. The molecule has 0 bridgehead atoms. The number of carbonyl (C=O) groups excluding carboxylic acids is 1. The van der Waals surface area contributed by atoms with Crippen molar-refractivity contribution in [3.8, 4) is 5.75 Å². The van der Waals surface area contributed by atoms with Gasteiger partial charge in [-0.1, -0.05) is 56.6 Å². The molecule has 0 radical (unpaired) electrons. The standard InChI is InChI=1S/C33H37ClN2O4/c1-19-21(3)36(18-25-16-27(12-13-29(25)34)40-22(4)32(38)39)30-14-11-24(17-28(19)30)31(37)35-20(2)23-9-8-10-26(15-23)33(5,6)7/h8-17,20,22H,18H2,1-7H3,(H,35,37)(H,38,39)/t20-,22?/m0/s1. The molecule has 4 aromatic rings. The molecule has 0 fully saturated rings. The van der Waals surface area contributed by atoms with Gasteiger partial charge in [-0.25, -0.2) is 4.79 Å². The van der Waals surface area contributed by atoms with Crippen LogP contribution >= 0.6 is 11.6 Å². The van der Waals surface area contributed by atoms with Crippen LogP contribution in [0, 0.1) is 13.8 Å². The number of aryl methyl sites for hydroxylation is 1. The molecule has 1 amide bonds. The minimum Gasteiger partial charge on any atom is -0.479 e. The van der Waals surface area contributed by atoms with Crippen LogP contribution in [0.15, 0.2) is 60.7 Å². The van der Waals surface area contributed by atoms with E-state index in [1.807, 2.05) is 51.1 Å². The molecule has 0 aliphatic carbocycles. The summed E-state index contributed by atoms with van der Waals surface area (Å²) in [5.41, 5.74) is 6.86. The summed E-state index contributed by atoms with van der Waals surface area (Å²) < 4.78 is 7.70. The summed E-state index contributed by atoms with van der Waals surface area (Å²) in [6.07, 6.45) is -0.972. The van der Waals surface area contributed by atoms with Crippen molar-refractivity contribution in [2.24, 2.45) is 0 Å². The van der Waals surface area contributed by atoms with Crippen LogP contribution in [-0.2, 0) is 16.8 Å². The number of fused-ring (bicyclic) bond motifs is 1. The lowest BCUT2D eigenvalue weighted by Crippen LogP contribution is -2.27. The molecule has 1 heterocycles. The molecule has 0 spiro atoms. The number of aliphatic carboxylic acids is 1. The minimum atomic E-state index is -1.04. The lowest BCUT2D eigenvalue weighted by Gasteiger charge is -2.22. The van der Waals surface area contributed by atoms with Crippen molar-refractivity contribution in [3.05, 3.63) is 99.2 Å². The number of carbonyl (C=O) groups is 2. The van der Waals surface area contributed by atoms with Gasteiger partial charge in [0.25, 0.3) is 5.91 Å². The Kier molecular flexibility index (Phi) is 8.31. The van der Waals surface area contributed by atoms with E-state index in [0.29, 0.717) is 22.9 Å². The minimum absolute atomic E-state index is 0.0305. The topological polar surface area (TPSA) is 80.6 Å². The molecule has 4 rings (SSSR count). The van der Waals surface area contributed by atoms with E-state index in [-0.39, 0.29) is 17.4 Å². The third-order valence-electron chi connectivity index (χ3n) is 7.51. The van der Waals surface area contributed by atoms with Gasteiger partial charge in [0.1, 0.15) is 5.75 Å². The van der Waals surface area contributed by atoms with Crippen molar-refractivity contribution in [3.63, 3.8) is 0 Å². The number of nitrogens with one attached hydrogen (secondary N) is 1. The summed E-state index contributed by atoms with van der Waals surface area (Å²) in [5.74, 6) is -0.714. The van der Waals surface area contributed by atoms with E-state index in [9.17, 15) is 14.7 Å². The smallest absolute Gasteiger partial charge is 0.344 e. The molecule has 6 nitrogen and oxygen atoms in total. The van der Waals surface area contributed by atoms with Gasteiger partial charge in [-0.3, -0.25) is 4.79 Å². The molecule has 210 valence electrons. The molecule has 2 N–H and O–H groups in total. The second-order valence-electron chi connectivity index (χ2n) is 11.5. The van der Waals surface area contributed by atoms with Gasteiger partial charge < -0.3 is 19.7 Å². The normalized spacial score (nSPS) is 13.2. The van der Waals surface area contributed by atoms with Crippen molar-refractivity contribution in [1.29, 1.82) is 0 Å². The molecule has 1 unspecified atom stereocenters. The molecule has 0 aliphatic heterocycles.